The highest BCUT2D eigenvalue weighted by Gasteiger charge is 1.89. The van der Waals surface area contributed by atoms with E-state index in [-0.39, 0.29) is 24.8 Å². The summed E-state index contributed by atoms with van der Waals surface area (Å²) >= 11 is 0. The van der Waals surface area contributed by atoms with Gasteiger partial charge in [-0.25, -0.2) is 0 Å². The first-order valence-electron chi connectivity index (χ1n) is 3.53. The van der Waals surface area contributed by atoms with Gasteiger partial charge in [0.1, 0.15) is 0 Å². The zero-order chi connectivity index (χ0) is 7.40. The Bertz CT molecular complexity index is 199. The van der Waals surface area contributed by atoms with Gasteiger partial charge in [0.15, 0.2) is 0 Å². The average Bonchev–Trinajstić information content (AvgIpc) is 1.95. The van der Waals surface area contributed by atoms with E-state index in [0.29, 0.717) is 0 Å². The Morgan fingerprint density at radius 2 is 2.00 bits per heavy atom. The maximum absolute atomic E-state index is 5.46. The Kier molecular flexibility index (Phi) is 8.44. The Morgan fingerprint density at radius 3 is 2.42 bits per heavy atom. The van der Waals surface area contributed by atoms with E-state index < -0.39 is 0 Å². The fraction of sp³-hybridized carbons (Fsp3) is 0.375. The summed E-state index contributed by atoms with van der Waals surface area (Å²) in [5, 5.41) is 0. The first-order valence-corrected chi connectivity index (χ1v) is 3.53. The summed E-state index contributed by atoms with van der Waals surface area (Å²) in [5.41, 5.74) is 7.32. The molecular weight excluding hydrogens is 195 g/mol. The number of hydrogen-bond donors (Lipinski definition) is 1. The largest absolute Gasteiger partial charge is 0.397 e. The fourth-order valence-corrected chi connectivity index (χ4v) is 0.840. The minimum Gasteiger partial charge on any atom is -0.397 e. The van der Waals surface area contributed by atoms with Crippen LogP contribution in [0.5, 0.6) is 0 Å². The van der Waals surface area contributed by atoms with Crippen molar-refractivity contribution < 1.29 is 0 Å². The van der Waals surface area contributed by atoms with E-state index in [4.69, 9.17) is 5.73 Å². The molecule has 1 heterocycles. The summed E-state index contributed by atoms with van der Waals surface area (Å²) in [5.74, 6) is 0. The van der Waals surface area contributed by atoms with Crippen molar-refractivity contribution in [2.24, 2.45) is 0 Å². The molecular formula is C8H14Cl2N2. The summed E-state index contributed by atoms with van der Waals surface area (Å²) in [4.78, 5) is 4.14. The molecule has 1 aromatic rings. The van der Waals surface area contributed by atoms with Gasteiger partial charge < -0.3 is 5.73 Å². The predicted octanol–water partition coefficient (Wildman–Crippen LogP) is 2.46. The number of halogens is 2. The van der Waals surface area contributed by atoms with Gasteiger partial charge >= 0.3 is 0 Å². The molecule has 0 atom stereocenters. The van der Waals surface area contributed by atoms with Crippen molar-refractivity contribution in [1.29, 1.82) is 0 Å². The second-order valence-corrected chi connectivity index (χ2v) is 2.33. The summed E-state index contributed by atoms with van der Waals surface area (Å²) < 4.78 is 0. The number of aryl methyl sites for hydroxylation is 1. The number of nitrogen functional groups attached to an aromatic ring is 1. The SMILES string of the molecule is CCCc1ccc(N)cn1.Cl.Cl. The molecule has 2 N–H and O–H groups in total. The van der Waals surface area contributed by atoms with E-state index in [1.54, 1.807) is 6.20 Å². The van der Waals surface area contributed by atoms with Gasteiger partial charge in [-0.3, -0.25) is 4.98 Å². The standard InChI is InChI=1S/C8H12N2.2ClH/c1-2-3-8-5-4-7(9)6-10-8;;/h4-6H,2-3,9H2,1H3;2*1H. The molecule has 0 spiro atoms. The van der Waals surface area contributed by atoms with Gasteiger partial charge in [0, 0.05) is 5.69 Å². The molecule has 2 nitrogen and oxygen atoms in total. The molecule has 0 aromatic carbocycles. The van der Waals surface area contributed by atoms with Gasteiger partial charge in [0.2, 0.25) is 0 Å². The molecule has 0 fully saturated rings. The van der Waals surface area contributed by atoms with E-state index in [2.05, 4.69) is 11.9 Å². The number of nitrogens with two attached hydrogens (primary N) is 1. The van der Waals surface area contributed by atoms with Crippen molar-refractivity contribution in [2.45, 2.75) is 19.8 Å². The molecule has 0 aliphatic carbocycles. The normalized spacial score (nSPS) is 8.08. The van der Waals surface area contributed by atoms with Gasteiger partial charge in [-0.2, -0.15) is 0 Å². The molecule has 0 radical (unpaired) electrons. The van der Waals surface area contributed by atoms with Gasteiger partial charge in [-0.05, 0) is 18.6 Å². The first kappa shape index (κ1) is 14.1. The predicted molar refractivity (Wildman–Crippen MR) is 57.1 cm³/mol. The molecule has 4 heteroatoms. The Balaban J connectivity index is 0. The van der Waals surface area contributed by atoms with E-state index in [9.17, 15) is 0 Å². The van der Waals surface area contributed by atoms with E-state index in [1.165, 1.54) is 0 Å². The van der Waals surface area contributed by atoms with Gasteiger partial charge in [-0.15, -0.1) is 24.8 Å². The highest BCUT2D eigenvalue weighted by Crippen LogP contribution is 2.02. The zero-order valence-corrected chi connectivity index (χ0v) is 8.62. The van der Waals surface area contributed by atoms with Gasteiger partial charge in [0.25, 0.3) is 0 Å². The highest BCUT2D eigenvalue weighted by atomic mass is 35.5. The Labute approximate surface area is 85.4 Å². The van der Waals surface area contributed by atoms with Crippen LogP contribution in [0, 0.1) is 0 Å². The molecule has 0 unspecified atom stereocenters. The van der Waals surface area contributed by atoms with Crippen LogP contribution >= 0.6 is 24.8 Å². The molecule has 0 bridgehead atoms. The third kappa shape index (κ3) is 4.42. The van der Waals surface area contributed by atoms with Crippen molar-refractivity contribution in [3.05, 3.63) is 24.0 Å². The monoisotopic (exact) mass is 208 g/mol. The third-order valence-corrected chi connectivity index (χ3v) is 1.35. The lowest BCUT2D eigenvalue weighted by atomic mass is 10.2. The minimum atomic E-state index is 0. The minimum absolute atomic E-state index is 0. The van der Waals surface area contributed by atoms with Crippen LogP contribution in [0.3, 0.4) is 0 Å². The van der Waals surface area contributed by atoms with E-state index >= 15 is 0 Å². The quantitative estimate of drug-likeness (QED) is 0.812. The fourth-order valence-electron chi connectivity index (χ4n) is 0.840. The summed E-state index contributed by atoms with van der Waals surface area (Å²) in [6.07, 6.45) is 3.88. The van der Waals surface area contributed by atoms with Gasteiger partial charge in [0.05, 0.1) is 11.9 Å². The topological polar surface area (TPSA) is 38.9 Å². The van der Waals surface area contributed by atoms with Crippen LogP contribution in [0.4, 0.5) is 5.69 Å². The molecule has 0 saturated carbocycles. The summed E-state index contributed by atoms with van der Waals surface area (Å²) in [6, 6.07) is 3.86. The average molecular weight is 209 g/mol. The lowest BCUT2D eigenvalue weighted by molar-refractivity contribution is 0.883. The van der Waals surface area contributed by atoms with Crippen molar-refractivity contribution in [2.75, 3.05) is 5.73 Å². The number of aromatic nitrogens is 1. The maximum atomic E-state index is 5.46. The summed E-state index contributed by atoms with van der Waals surface area (Å²) in [6.45, 7) is 2.14. The van der Waals surface area contributed by atoms with Crippen molar-refractivity contribution in [1.82, 2.24) is 4.98 Å². The van der Waals surface area contributed by atoms with Crippen molar-refractivity contribution in [3.8, 4) is 0 Å². The van der Waals surface area contributed by atoms with Crippen LogP contribution in [-0.2, 0) is 6.42 Å². The van der Waals surface area contributed by atoms with Crippen LogP contribution in [-0.4, -0.2) is 4.98 Å². The molecule has 0 aliphatic heterocycles. The molecule has 70 valence electrons. The number of hydrogen-bond acceptors (Lipinski definition) is 2. The Hall–Kier alpha value is -0.470. The van der Waals surface area contributed by atoms with Crippen LogP contribution < -0.4 is 5.73 Å². The highest BCUT2D eigenvalue weighted by molar-refractivity contribution is 5.85. The van der Waals surface area contributed by atoms with Crippen LogP contribution in [0.25, 0.3) is 0 Å². The summed E-state index contributed by atoms with van der Waals surface area (Å²) in [7, 11) is 0. The lowest BCUT2D eigenvalue weighted by Crippen LogP contribution is -1.90. The van der Waals surface area contributed by atoms with Crippen LogP contribution in [0.2, 0.25) is 0 Å². The molecule has 0 aliphatic rings. The molecule has 1 rings (SSSR count). The number of rotatable bonds is 2. The van der Waals surface area contributed by atoms with E-state index in [1.807, 2.05) is 12.1 Å². The molecule has 1 aromatic heterocycles. The number of pyridine rings is 1. The number of nitrogens with zero attached hydrogens (tertiary/aromatic N) is 1. The van der Waals surface area contributed by atoms with Crippen LogP contribution in [0.15, 0.2) is 18.3 Å². The Morgan fingerprint density at radius 1 is 1.33 bits per heavy atom. The van der Waals surface area contributed by atoms with Gasteiger partial charge in [-0.1, -0.05) is 13.3 Å². The smallest absolute Gasteiger partial charge is 0.0501 e. The van der Waals surface area contributed by atoms with E-state index in [0.717, 1.165) is 24.2 Å². The van der Waals surface area contributed by atoms with Crippen molar-refractivity contribution in [3.63, 3.8) is 0 Å². The van der Waals surface area contributed by atoms with Crippen LogP contribution in [0.1, 0.15) is 19.0 Å². The van der Waals surface area contributed by atoms with Crippen molar-refractivity contribution >= 4 is 30.5 Å². The first-order chi connectivity index (χ1) is 4.83. The zero-order valence-electron chi connectivity index (χ0n) is 6.99. The second-order valence-electron chi connectivity index (χ2n) is 2.33. The number of anilines is 1. The second kappa shape index (κ2) is 7.19. The third-order valence-electron chi connectivity index (χ3n) is 1.35. The lowest BCUT2D eigenvalue weighted by Gasteiger charge is -1.96. The maximum Gasteiger partial charge on any atom is 0.0501 e. The molecule has 0 amide bonds. The molecule has 12 heavy (non-hydrogen) atoms. The molecule has 0 saturated heterocycles.